The van der Waals surface area contributed by atoms with Crippen LogP contribution in [-0.4, -0.2) is 0 Å². The summed E-state index contributed by atoms with van der Waals surface area (Å²) in [4.78, 5) is 0. The Labute approximate surface area is 121 Å². The summed E-state index contributed by atoms with van der Waals surface area (Å²) in [5.74, 6) is 1.56. The largest absolute Gasteiger partial charge is 0.339 e. The smallest absolute Gasteiger partial charge is 0 e. The molecule has 0 aliphatic heterocycles. The minimum absolute atomic E-state index is 0. The first-order valence-corrected chi connectivity index (χ1v) is 6.21. The summed E-state index contributed by atoms with van der Waals surface area (Å²) in [6, 6.07) is 0. The predicted molar refractivity (Wildman–Crippen MR) is 61.6 cm³/mol. The van der Waals surface area contributed by atoms with Gasteiger partial charge in [0.2, 0.25) is 0 Å². The van der Waals surface area contributed by atoms with E-state index in [1.165, 1.54) is 38.5 Å². The van der Waals surface area contributed by atoms with E-state index < -0.39 is 0 Å². The van der Waals surface area contributed by atoms with Crippen LogP contribution in [0.15, 0.2) is 0 Å². The molecular formula is C14H24Y-2. The standard InChI is InChI=1S/C14H24.Y/c1-11-7-5-9-13(11,3)14(4)10-6-8-12(14)2;/h11-12H,3-10H2,1-2H3;/q-2;/t11-,12-,13+,14+;/m1./s1. The van der Waals surface area contributed by atoms with Crippen molar-refractivity contribution in [2.75, 3.05) is 0 Å². The van der Waals surface area contributed by atoms with Crippen molar-refractivity contribution in [2.24, 2.45) is 22.7 Å². The fourth-order valence-corrected chi connectivity index (χ4v) is 3.97. The Kier molecular flexibility index (Phi) is 4.50. The number of rotatable bonds is 1. The molecule has 0 heterocycles. The van der Waals surface area contributed by atoms with E-state index in [-0.39, 0.29) is 43.5 Å². The molecule has 0 bridgehead atoms. The van der Waals surface area contributed by atoms with Gasteiger partial charge in [0.05, 0.1) is 0 Å². The summed E-state index contributed by atoms with van der Waals surface area (Å²) < 4.78 is 0. The van der Waals surface area contributed by atoms with Gasteiger partial charge in [0.15, 0.2) is 0 Å². The van der Waals surface area contributed by atoms with Crippen molar-refractivity contribution >= 4 is 0 Å². The molecule has 0 saturated heterocycles. The molecule has 2 fully saturated rings. The summed E-state index contributed by atoms with van der Waals surface area (Å²) in [7, 11) is 0. The van der Waals surface area contributed by atoms with E-state index in [1.807, 2.05) is 0 Å². The van der Waals surface area contributed by atoms with Gasteiger partial charge in [-0.3, -0.25) is 0 Å². The van der Waals surface area contributed by atoms with E-state index in [9.17, 15) is 0 Å². The van der Waals surface area contributed by atoms with Gasteiger partial charge in [0.1, 0.15) is 0 Å². The third kappa shape index (κ3) is 1.99. The van der Waals surface area contributed by atoms with Crippen molar-refractivity contribution in [3.8, 4) is 0 Å². The van der Waals surface area contributed by atoms with E-state index in [0.717, 1.165) is 11.8 Å². The van der Waals surface area contributed by atoms with Crippen LogP contribution in [0.5, 0.6) is 0 Å². The van der Waals surface area contributed by atoms with Crippen molar-refractivity contribution < 1.29 is 32.7 Å². The molecule has 0 aromatic carbocycles. The molecule has 1 heteroatoms. The van der Waals surface area contributed by atoms with E-state index in [4.69, 9.17) is 0 Å². The Morgan fingerprint density at radius 2 is 1.20 bits per heavy atom. The Morgan fingerprint density at radius 3 is 1.40 bits per heavy atom. The second-order valence-electron chi connectivity index (χ2n) is 5.90. The molecule has 0 nitrogen and oxygen atoms in total. The third-order valence-electron chi connectivity index (χ3n) is 5.40. The van der Waals surface area contributed by atoms with Gasteiger partial charge < -0.3 is 13.8 Å². The summed E-state index contributed by atoms with van der Waals surface area (Å²) in [5.41, 5.74) is 0.561. The quantitative estimate of drug-likeness (QED) is 0.630. The van der Waals surface area contributed by atoms with Crippen LogP contribution in [0.25, 0.3) is 0 Å². The van der Waals surface area contributed by atoms with Crippen molar-refractivity contribution in [1.82, 2.24) is 0 Å². The van der Waals surface area contributed by atoms with Crippen molar-refractivity contribution in [2.45, 2.75) is 52.4 Å². The second kappa shape index (κ2) is 4.77. The zero-order valence-corrected chi connectivity index (χ0v) is 13.2. The van der Waals surface area contributed by atoms with E-state index in [0.29, 0.717) is 0 Å². The van der Waals surface area contributed by atoms with Crippen LogP contribution in [0.2, 0.25) is 0 Å². The minimum atomic E-state index is 0. The fraction of sp³-hybridized carbons (Fsp3) is 0.857. The van der Waals surface area contributed by atoms with Gasteiger partial charge in [0, 0.05) is 32.7 Å². The molecule has 0 aromatic heterocycles. The first-order valence-electron chi connectivity index (χ1n) is 6.21. The maximum atomic E-state index is 4.59. The molecule has 15 heavy (non-hydrogen) atoms. The molecule has 0 amide bonds. The molecule has 0 spiro atoms. The van der Waals surface area contributed by atoms with E-state index >= 15 is 0 Å². The van der Waals surface area contributed by atoms with Crippen LogP contribution in [0.3, 0.4) is 0 Å². The van der Waals surface area contributed by atoms with Crippen molar-refractivity contribution in [3.63, 3.8) is 0 Å². The molecule has 2 aliphatic carbocycles. The monoisotopic (exact) mass is 281 g/mol. The molecule has 1 radical (unpaired) electrons. The van der Waals surface area contributed by atoms with E-state index in [1.54, 1.807) is 0 Å². The average molecular weight is 281 g/mol. The number of hydrogen-bond donors (Lipinski definition) is 0. The van der Waals surface area contributed by atoms with Crippen LogP contribution in [0, 0.1) is 36.5 Å². The summed E-state index contributed by atoms with van der Waals surface area (Å²) in [5, 5.41) is 0. The van der Waals surface area contributed by atoms with Gasteiger partial charge in [-0.05, 0) is 0 Å². The Hall–Kier alpha value is 1.10. The molecule has 85 valence electrons. The minimum Gasteiger partial charge on any atom is -0.339 e. The van der Waals surface area contributed by atoms with Crippen LogP contribution >= 0.6 is 0 Å². The summed E-state index contributed by atoms with van der Waals surface area (Å²) in [6.45, 7) is 14.0. The maximum Gasteiger partial charge on any atom is 0 e. The fourth-order valence-electron chi connectivity index (χ4n) is 3.97. The molecule has 2 saturated carbocycles. The van der Waals surface area contributed by atoms with Crippen molar-refractivity contribution in [1.29, 1.82) is 0 Å². The van der Waals surface area contributed by atoms with Gasteiger partial charge in [0.25, 0.3) is 0 Å². The molecule has 0 aromatic rings. The van der Waals surface area contributed by atoms with Gasteiger partial charge >= 0.3 is 0 Å². The van der Waals surface area contributed by atoms with Crippen molar-refractivity contribution in [3.05, 3.63) is 13.8 Å². The topological polar surface area (TPSA) is 0 Å². The molecular weight excluding hydrogens is 257 g/mol. The van der Waals surface area contributed by atoms with Crippen LogP contribution in [0.4, 0.5) is 0 Å². The number of hydrogen-bond acceptors (Lipinski definition) is 0. The maximum absolute atomic E-state index is 4.59. The first-order chi connectivity index (χ1) is 6.51. The predicted octanol–water partition coefficient (Wildman–Crippen LogP) is 4.26. The molecule has 2 aliphatic rings. The molecule has 2 rings (SSSR count). The molecule has 4 atom stereocenters. The Balaban J connectivity index is 0.00000112. The Morgan fingerprint density at radius 1 is 0.867 bits per heavy atom. The average Bonchev–Trinajstić information content (AvgIpc) is 2.63. The van der Waals surface area contributed by atoms with Gasteiger partial charge in [-0.15, -0.1) is 0 Å². The van der Waals surface area contributed by atoms with Gasteiger partial charge in [-0.1, -0.05) is 64.2 Å². The normalized spacial score (nSPS) is 50.4. The first kappa shape index (κ1) is 14.2. The molecule has 0 N–H and O–H groups in total. The van der Waals surface area contributed by atoms with Crippen LogP contribution in [-0.2, 0) is 32.7 Å². The second-order valence-corrected chi connectivity index (χ2v) is 5.90. The summed E-state index contributed by atoms with van der Waals surface area (Å²) in [6.07, 6.45) is 8.09. The zero-order chi connectivity index (χ0) is 10.4. The Bertz CT molecular complexity index is 201. The summed E-state index contributed by atoms with van der Waals surface area (Å²) >= 11 is 0. The van der Waals surface area contributed by atoms with Crippen LogP contribution in [0.1, 0.15) is 52.4 Å². The van der Waals surface area contributed by atoms with Crippen LogP contribution < -0.4 is 0 Å². The zero-order valence-electron chi connectivity index (χ0n) is 10.4. The van der Waals surface area contributed by atoms with E-state index in [2.05, 4.69) is 27.7 Å². The van der Waals surface area contributed by atoms with Gasteiger partial charge in [-0.2, -0.15) is 10.8 Å². The SMILES string of the molecule is [CH2-][C@]1([C@@]2([CH2-])CCC[C@H]2C)CCC[C@H]1C.[Y]. The van der Waals surface area contributed by atoms with Gasteiger partial charge in [-0.25, -0.2) is 0 Å². The third-order valence-corrected chi connectivity index (χ3v) is 5.40. The molecule has 0 unspecified atom stereocenters.